The van der Waals surface area contributed by atoms with Gasteiger partial charge in [0.25, 0.3) is 5.91 Å². The maximum absolute atomic E-state index is 14.1. The number of aromatic nitrogens is 2. The summed E-state index contributed by atoms with van der Waals surface area (Å²) < 4.78 is 0. The fraction of sp³-hybridized carbons (Fsp3) is 0.464. The molecule has 1 aromatic carbocycles. The fourth-order valence-electron chi connectivity index (χ4n) is 7.17. The minimum absolute atomic E-state index is 0.146. The van der Waals surface area contributed by atoms with E-state index in [2.05, 4.69) is 64.1 Å². The number of fused-ring (bicyclic) bond motifs is 1. The number of likely N-dealkylation sites (N-methyl/N-ethyl adjacent to an activating group) is 1. The summed E-state index contributed by atoms with van der Waals surface area (Å²) in [5.41, 5.74) is 5.93. The van der Waals surface area contributed by atoms with Crippen molar-refractivity contribution in [1.29, 1.82) is 0 Å². The molecule has 1 amide bonds. The third-order valence-corrected chi connectivity index (χ3v) is 9.74. The Labute approximate surface area is 205 Å². The summed E-state index contributed by atoms with van der Waals surface area (Å²) in [4.78, 5) is 29.0. The van der Waals surface area contributed by atoms with Gasteiger partial charge in [0, 0.05) is 35.8 Å². The summed E-state index contributed by atoms with van der Waals surface area (Å²) >= 11 is 1.59. The Kier molecular flexibility index (Phi) is 5.34. The summed E-state index contributed by atoms with van der Waals surface area (Å²) in [6.07, 6.45) is 7.37. The Morgan fingerprint density at radius 2 is 1.91 bits per heavy atom. The van der Waals surface area contributed by atoms with Gasteiger partial charge in [0.05, 0.1) is 27.3 Å². The third-order valence-electron chi connectivity index (χ3n) is 8.79. The van der Waals surface area contributed by atoms with Gasteiger partial charge in [0.2, 0.25) is 0 Å². The number of benzene rings is 1. The lowest BCUT2D eigenvalue weighted by Crippen LogP contribution is -2.59. The van der Waals surface area contributed by atoms with E-state index in [0.29, 0.717) is 23.7 Å². The van der Waals surface area contributed by atoms with Gasteiger partial charge in [0.1, 0.15) is 0 Å². The molecule has 6 rings (SSSR count). The molecule has 3 aromatic rings. The van der Waals surface area contributed by atoms with Crippen LogP contribution in [-0.2, 0) is 6.42 Å². The van der Waals surface area contributed by atoms with Crippen molar-refractivity contribution in [2.24, 2.45) is 5.41 Å². The quantitative estimate of drug-likeness (QED) is 0.523. The number of hydrogen-bond acceptors (Lipinski definition) is 5. The Morgan fingerprint density at radius 1 is 1.12 bits per heavy atom. The molecule has 0 spiro atoms. The molecule has 2 bridgehead atoms. The van der Waals surface area contributed by atoms with Gasteiger partial charge < -0.3 is 4.90 Å². The van der Waals surface area contributed by atoms with Gasteiger partial charge in [-0.3, -0.25) is 14.7 Å². The van der Waals surface area contributed by atoms with Crippen molar-refractivity contribution in [2.75, 3.05) is 7.05 Å². The first kappa shape index (κ1) is 21.9. The van der Waals surface area contributed by atoms with Gasteiger partial charge >= 0.3 is 0 Å². The second-order valence-corrected chi connectivity index (χ2v) is 11.4. The average Bonchev–Trinajstić information content (AvgIpc) is 3.41. The molecule has 2 saturated heterocycles. The molecule has 2 aliphatic heterocycles. The molecular weight excluding hydrogens is 440 g/mol. The molecule has 176 valence electrons. The number of hydrogen-bond donors (Lipinski definition) is 0. The predicted octanol–water partition coefficient (Wildman–Crippen LogP) is 5.21. The Bertz CT molecular complexity index is 1190. The number of amides is 1. The van der Waals surface area contributed by atoms with E-state index >= 15 is 0 Å². The van der Waals surface area contributed by atoms with Crippen LogP contribution in [-0.4, -0.2) is 56.9 Å². The van der Waals surface area contributed by atoms with Crippen LogP contribution >= 0.6 is 11.3 Å². The molecule has 0 N–H and O–H groups in total. The van der Waals surface area contributed by atoms with E-state index in [9.17, 15) is 4.79 Å². The number of likely N-dealkylation sites (tertiary alicyclic amines) is 2. The first-order valence-electron chi connectivity index (χ1n) is 12.4. The van der Waals surface area contributed by atoms with E-state index in [1.54, 1.807) is 17.5 Å². The van der Waals surface area contributed by atoms with E-state index in [0.717, 1.165) is 35.5 Å². The number of nitrogens with zero attached hydrogens (tertiary/aromatic N) is 4. The molecule has 0 unspecified atom stereocenters. The van der Waals surface area contributed by atoms with Crippen molar-refractivity contribution >= 4 is 17.2 Å². The first-order chi connectivity index (χ1) is 16.5. The molecule has 4 heterocycles. The zero-order valence-electron chi connectivity index (χ0n) is 20.1. The molecule has 5 atom stereocenters. The number of carbonyl (C=O) groups is 1. The van der Waals surface area contributed by atoms with Crippen LogP contribution in [0.3, 0.4) is 0 Å². The highest BCUT2D eigenvalue weighted by Crippen LogP contribution is 2.56. The van der Waals surface area contributed by atoms with Crippen LogP contribution in [0.5, 0.6) is 0 Å². The molecule has 3 aliphatic rings. The lowest BCUT2D eigenvalue weighted by molar-refractivity contribution is -0.00397. The zero-order valence-corrected chi connectivity index (χ0v) is 21.0. The van der Waals surface area contributed by atoms with E-state index in [4.69, 9.17) is 0 Å². The Morgan fingerprint density at radius 3 is 2.62 bits per heavy atom. The SMILES string of the molecule is Cc1ncsc1-c1ccc(C(=O)N2[C@H]3CCC[C@H]4N(C)[C@@H](Cc5ccccc5)[C@@H]2C[C@@]34C)cn1. The minimum atomic E-state index is 0.146. The van der Waals surface area contributed by atoms with Crippen molar-refractivity contribution in [3.8, 4) is 10.6 Å². The maximum atomic E-state index is 14.1. The van der Waals surface area contributed by atoms with Gasteiger partial charge in [-0.2, -0.15) is 0 Å². The van der Waals surface area contributed by atoms with Crippen LogP contribution in [0.25, 0.3) is 10.6 Å². The summed E-state index contributed by atoms with van der Waals surface area (Å²) in [6.45, 7) is 4.44. The smallest absolute Gasteiger partial charge is 0.255 e. The van der Waals surface area contributed by atoms with Crippen LogP contribution in [0.15, 0.2) is 54.2 Å². The predicted molar refractivity (Wildman–Crippen MR) is 136 cm³/mol. The molecule has 1 aliphatic carbocycles. The van der Waals surface area contributed by atoms with Crippen LogP contribution in [0.2, 0.25) is 0 Å². The molecule has 1 saturated carbocycles. The van der Waals surface area contributed by atoms with Crippen LogP contribution in [0.4, 0.5) is 0 Å². The number of thiazole rings is 1. The first-order valence-corrected chi connectivity index (χ1v) is 13.3. The largest absolute Gasteiger partial charge is 0.330 e. The summed E-state index contributed by atoms with van der Waals surface area (Å²) in [6, 6.07) is 16.1. The minimum Gasteiger partial charge on any atom is -0.330 e. The number of rotatable bonds is 4. The molecule has 0 radical (unpaired) electrons. The number of piperidine rings is 1. The topological polar surface area (TPSA) is 49.3 Å². The van der Waals surface area contributed by atoms with Crippen molar-refractivity contribution in [3.63, 3.8) is 0 Å². The number of aryl methyl sites for hydroxylation is 1. The van der Waals surface area contributed by atoms with Crippen LogP contribution in [0, 0.1) is 12.3 Å². The molecule has 6 heteroatoms. The molecule has 2 aromatic heterocycles. The summed E-state index contributed by atoms with van der Waals surface area (Å²) in [5.74, 6) is 0.146. The number of carbonyl (C=O) groups excluding carboxylic acids is 1. The highest BCUT2D eigenvalue weighted by atomic mass is 32.1. The monoisotopic (exact) mass is 472 g/mol. The third kappa shape index (κ3) is 3.34. The Balaban J connectivity index is 1.34. The second kappa shape index (κ2) is 8.28. The highest BCUT2D eigenvalue weighted by molar-refractivity contribution is 7.13. The van der Waals surface area contributed by atoms with E-state index in [1.807, 2.05) is 24.6 Å². The van der Waals surface area contributed by atoms with Gasteiger partial charge in [-0.15, -0.1) is 11.3 Å². The van der Waals surface area contributed by atoms with Gasteiger partial charge in [-0.1, -0.05) is 37.3 Å². The van der Waals surface area contributed by atoms with Crippen molar-refractivity contribution in [2.45, 2.75) is 70.1 Å². The Hall–Kier alpha value is -2.57. The molecule has 5 nitrogen and oxygen atoms in total. The van der Waals surface area contributed by atoms with E-state index < -0.39 is 0 Å². The van der Waals surface area contributed by atoms with Crippen molar-refractivity contribution in [1.82, 2.24) is 19.8 Å². The normalized spacial score (nSPS) is 30.5. The standard InChI is InChI=1S/C28H32N4OS/c1-18-26(34-17-30-18)21-13-12-20(16-29-21)27(33)32-23-15-28(2)24(10-7-11-25(28)32)31(3)22(23)14-19-8-5-4-6-9-19/h4-6,8-9,12-13,16-17,22-25H,7,10-11,14-15H2,1-3H3/t22-,23-,24+,25-,28+/m0/s1. The molecule has 34 heavy (non-hydrogen) atoms. The van der Waals surface area contributed by atoms with Gasteiger partial charge in [-0.05, 0) is 63.8 Å². The van der Waals surface area contributed by atoms with Crippen LogP contribution < -0.4 is 0 Å². The van der Waals surface area contributed by atoms with Gasteiger partial charge in [-0.25, -0.2) is 4.98 Å². The fourth-order valence-corrected chi connectivity index (χ4v) is 7.95. The van der Waals surface area contributed by atoms with Crippen LogP contribution in [0.1, 0.15) is 54.2 Å². The maximum Gasteiger partial charge on any atom is 0.255 e. The molecular formula is C28H32N4OS. The number of pyridine rings is 1. The second-order valence-electron chi connectivity index (χ2n) is 10.6. The van der Waals surface area contributed by atoms with E-state index in [1.165, 1.54) is 18.4 Å². The van der Waals surface area contributed by atoms with E-state index in [-0.39, 0.29) is 17.4 Å². The van der Waals surface area contributed by atoms with Gasteiger partial charge in [0.15, 0.2) is 0 Å². The summed E-state index contributed by atoms with van der Waals surface area (Å²) in [5, 5.41) is 0. The zero-order chi connectivity index (χ0) is 23.4. The lowest BCUT2D eigenvalue weighted by atomic mass is 9.64. The van der Waals surface area contributed by atoms with Crippen molar-refractivity contribution < 1.29 is 4.79 Å². The summed E-state index contributed by atoms with van der Waals surface area (Å²) in [7, 11) is 2.30. The van der Waals surface area contributed by atoms with Crippen molar-refractivity contribution in [3.05, 3.63) is 71.0 Å². The highest BCUT2D eigenvalue weighted by Gasteiger charge is 2.62. The average molecular weight is 473 g/mol. The molecule has 3 fully saturated rings. The lowest BCUT2D eigenvalue weighted by Gasteiger charge is -2.51.